The predicted octanol–water partition coefficient (Wildman–Crippen LogP) is 4.36. The zero-order chi connectivity index (χ0) is 18.7. The van der Waals surface area contributed by atoms with Crippen LogP contribution >= 0.6 is 0 Å². The molecule has 2 aromatic rings. The van der Waals surface area contributed by atoms with E-state index in [-0.39, 0.29) is 23.8 Å². The van der Waals surface area contributed by atoms with Gasteiger partial charge in [0.25, 0.3) is 0 Å². The van der Waals surface area contributed by atoms with Crippen LogP contribution in [0.2, 0.25) is 0 Å². The minimum Gasteiger partial charge on any atom is -0.338 e. The highest BCUT2D eigenvalue weighted by molar-refractivity contribution is 5.94. The first kappa shape index (κ1) is 18.2. The van der Waals surface area contributed by atoms with E-state index in [9.17, 15) is 9.59 Å². The van der Waals surface area contributed by atoms with E-state index >= 15 is 0 Å². The molecule has 1 N–H and O–H groups in total. The van der Waals surface area contributed by atoms with Crippen LogP contribution in [0, 0.1) is 5.92 Å². The maximum absolute atomic E-state index is 13.0. The average molecular weight is 350 g/mol. The number of hydrogen-bond donors (Lipinski definition) is 1. The summed E-state index contributed by atoms with van der Waals surface area (Å²) in [6.45, 7) is 4.29. The van der Waals surface area contributed by atoms with Crippen LogP contribution in [0.15, 0.2) is 54.6 Å². The van der Waals surface area contributed by atoms with Crippen molar-refractivity contribution in [3.63, 3.8) is 0 Å². The molecule has 4 nitrogen and oxygen atoms in total. The lowest BCUT2D eigenvalue weighted by molar-refractivity contribution is -0.140. The van der Waals surface area contributed by atoms with Gasteiger partial charge in [-0.25, -0.2) is 0 Å². The smallest absolute Gasteiger partial charge is 0.229 e. The summed E-state index contributed by atoms with van der Waals surface area (Å²) >= 11 is 0. The molecule has 2 amide bonds. The number of amides is 2. The van der Waals surface area contributed by atoms with Gasteiger partial charge in [-0.3, -0.25) is 9.59 Å². The number of hydrogen-bond acceptors (Lipinski definition) is 2. The molecule has 0 bridgehead atoms. The van der Waals surface area contributed by atoms with Gasteiger partial charge in [-0.2, -0.15) is 0 Å². The van der Waals surface area contributed by atoms with Crippen molar-refractivity contribution in [1.82, 2.24) is 4.90 Å². The summed E-state index contributed by atoms with van der Waals surface area (Å²) in [4.78, 5) is 26.9. The van der Waals surface area contributed by atoms with E-state index in [1.54, 1.807) is 11.9 Å². The zero-order valence-electron chi connectivity index (χ0n) is 15.6. The van der Waals surface area contributed by atoms with Gasteiger partial charge < -0.3 is 10.2 Å². The van der Waals surface area contributed by atoms with Crippen LogP contribution in [0.5, 0.6) is 0 Å². The van der Waals surface area contributed by atoms with Crippen molar-refractivity contribution in [2.45, 2.75) is 38.6 Å². The number of likely N-dealkylation sites (tertiary alicyclic amines) is 1. The van der Waals surface area contributed by atoms with Gasteiger partial charge in [0.15, 0.2) is 0 Å². The van der Waals surface area contributed by atoms with Gasteiger partial charge in [-0.15, -0.1) is 0 Å². The second kappa shape index (κ2) is 7.73. The normalized spacial score (nSPS) is 20.3. The van der Waals surface area contributed by atoms with Crippen LogP contribution in [0.4, 0.5) is 5.69 Å². The fourth-order valence-corrected chi connectivity index (χ4v) is 3.61. The molecule has 136 valence electrons. The standard InChI is InChI=1S/C22H26N2O2/c1-15(2)16-9-11-18(12-10-16)23-22(26)19-13-14-20(25)24(3)21(19)17-7-5-4-6-8-17/h4-12,15,19,21H,13-14H2,1-3H3,(H,23,26)/t19-,21+/m0/s1. The highest BCUT2D eigenvalue weighted by Crippen LogP contribution is 2.36. The Labute approximate surface area is 155 Å². The summed E-state index contributed by atoms with van der Waals surface area (Å²) in [5.74, 6) is 0.254. The van der Waals surface area contributed by atoms with Crippen LogP contribution in [-0.4, -0.2) is 23.8 Å². The summed E-state index contributed by atoms with van der Waals surface area (Å²) in [6, 6.07) is 17.6. The van der Waals surface area contributed by atoms with Crippen molar-refractivity contribution < 1.29 is 9.59 Å². The number of piperidine rings is 1. The number of nitrogens with zero attached hydrogens (tertiary/aromatic N) is 1. The fourth-order valence-electron chi connectivity index (χ4n) is 3.61. The summed E-state index contributed by atoms with van der Waals surface area (Å²) in [7, 11) is 1.79. The third kappa shape index (κ3) is 3.79. The molecular formula is C22H26N2O2. The molecular weight excluding hydrogens is 324 g/mol. The first-order valence-electron chi connectivity index (χ1n) is 9.19. The van der Waals surface area contributed by atoms with Crippen LogP contribution in [0.25, 0.3) is 0 Å². The molecule has 2 atom stereocenters. The Hall–Kier alpha value is -2.62. The first-order valence-corrected chi connectivity index (χ1v) is 9.19. The lowest BCUT2D eigenvalue weighted by Gasteiger charge is -2.38. The molecule has 0 aromatic heterocycles. The molecule has 0 aliphatic carbocycles. The average Bonchev–Trinajstić information content (AvgIpc) is 2.65. The quantitative estimate of drug-likeness (QED) is 0.891. The minimum absolute atomic E-state index is 0.0319. The molecule has 1 aliphatic heterocycles. The highest BCUT2D eigenvalue weighted by Gasteiger charge is 2.38. The Morgan fingerprint density at radius 2 is 1.73 bits per heavy atom. The zero-order valence-corrected chi connectivity index (χ0v) is 15.6. The van der Waals surface area contributed by atoms with Gasteiger partial charge >= 0.3 is 0 Å². The lowest BCUT2D eigenvalue weighted by Crippen LogP contribution is -2.44. The Morgan fingerprint density at radius 1 is 1.08 bits per heavy atom. The van der Waals surface area contributed by atoms with Crippen molar-refractivity contribution in [1.29, 1.82) is 0 Å². The van der Waals surface area contributed by atoms with Crippen LogP contribution < -0.4 is 5.32 Å². The van der Waals surface area contributed by atoms with Gasteiger partial charge in [0.1, 0.15) is 0 Å². The topological polar surface area (TPSA) is 49.4 Å². The number of rotatable bonds is 4. The SMILES string of the molecule is CC(C)c1ccc(NC(=O)[C@H]2CCC(=O)N(C)[C@@H]2c2ccccc2)cc1. The van der Waals surface area contributed by atoms with Crippen molar-refractivity contribution in [2.75, 3.05) is 12.4 Å². The number of carbonyl (C=O) groups excluding carboxylic acids is 2. The third-order valence-electron chi connectivity index (χ3n) is 5.18. The van der Waals surface area contributed by atoms with E-state index in [0.717, 1.165) is 11.3 Å². The van der Waals surface area contributed by atoms with Crippen molar-refractivity contribution in [3.05, 3.63) is 65.7 Å². The summed E-state index contributed by atoms with van der Waals surface area (Å²) in [6.07, 6.45) is 0.975. The third-order valence-corrected chi connectivity index (χ3v) is 5.18. The maximum atomic E-state index is 13.0. The predicted molar refractivity (Wildman–Crippen MR) is 104 cm³/mol. The monoisotopic (exact) mass is 350 g/mol. The highest BCUT2D eigenvalue weighted by atomic mass is 16.2. The molecule has 4 heteroatoms. The maximum Gasteiger partial charge on any atom is 0.229 e. The number of nitrogens with one attached hydrogen (secondary N) is 1. The molecule has 1 fully saturated rings. The van der Waals surface area contributed by atoms with Gasteiger partial charge in [-0.1, -0.05) is 56.3 Å². The molecule has 0 radical (unpaired) electrons. The van der Waals surface area contributed by atoms with E-state index in [0.29, 0.717) is 18.8 Å². The van der Waals surface area contributed by atoms with Crippen LogP contribution in [0.3, 0.4) is 0 Å². The van der Waals surface area contributed by atoms with E-state index in [1.165, 1.54) is 5.56 Å². The van der Waals surface area contributed by atoms with Crippen molar-refractivity contribution >= 4 is 17.5 Å². The van der Waals surface area contributed by atoms with Gasteiger partial charge in [0.05, 0.1) is 12.0 Å². The van der Waals surface area contributed by atoms with Crippen LogP contribution in [-0.2, 0) is 9.59 Å². The molecule has 26 heavy (non-hydrogen) atoms. The summed E-state index contributed by atoms with van der Waals surface area (Å²) < 4.78 is 0. The Balaban J connectivity index is 1.80. The first-order chi connectivity index (χ1) is 12.5. The molecule has 3 rings (SSSR count). The van der Waals surface area contributed by atoms with Gasteiger partial charge in [0, 0.05) is 19.2 Å². The molecule has 2 aromatic carbocycles. The number of benzene rings is 2. The molecule has 0 saturated carbocycles. The molecule has 1 heterocycles. The Morgan fingerprint density at radius 3 is 2.35 bits per heavy atom. The summed E-state index contributed by atoms with van der Waals surface area (Å²) in [5.41, 5.74) is 3.04. The fraction of sp³-hybridized carbons (Fsp3) is 0.364. The van der Waals surface area contributed by atoms with Gasteiger partial charge in [-0.05, 0) is 35.6 Å². The number of anilines is 1. The van der Waals surface area contributed by atoms with Crippen LogP contribution in [0.1, 0.15) is 49.8 Å². The van der Waals surface area contributed by atoms with E-state index < -0.39 is 0 Å². The van der Waals surface area contributed by atoms with E-state index in [1.807, 2.05) is 54.6 Å². The second-order valence-electron chi connectivity index (χ2n) is 7.27. The largest absolute Gasteiger partial charge is 0.338 e. The number of carbonyl (C=O) groups is 2. The Kier molecular flexibility index (Phi) is 5.40. The molecule has 1 saturated heterocycles. The van der Waals surface area contributed by atoms with Crippen molar-refractivity contribution in [2.24, 2.45) is 5.92 Å². The summed E-state index contributed by atoms with van der Waals surface area (Å²) in [5, 5.41) is 3.04. The second-order valence-corrected chi connectivity index (χ2v) is 7.27. The van der Waals surface area contributed by atoms with E-state index in [4.69, 9.17) is 0 Å². The lowest BCUT2D eigenvalue weighted by atomic mass is 9.84. The van der Waals surface area contributed by atoms with E-state index in [2.05, 4.69) is 19.2 Å². The van der Waals surface area contributed by atoms with Gasteiger partial charge in [0.2, 0.25) is 11.8 Å². The minimum atomic E-state index is -0.259. The van der Waals surface area contributed by atoms with Crippen molar-refractivity contribution in [3.8, 4) is 0 Å². The molecule has 0 spiro atoms. The Bertz CT molecular complexity index is 768. The molecule has 0 unspecified atom stereocenters. The molecule has 1 aliphatic rings.